The van der Waals surface area contributed by atoms with E-state index >= 15 is 0 Å². The molecule has 2 rings (SSSR count). The molecule has 1 fully saturated rings. The Morgan fingerprint density at radius 2 is 2.38 bits per heavy atom. The third-order valence-corrected chi connectivity index (χ3v) is 3.15. The van der Waals surface area contributed by atoms with E-state index in [9.17, 15) is 4.79 Å². The minimum atomic E-state index is -0.249. The van der Waals surface area contributed by atoms with Gasteiger partial charge in [-0.3, -0.25) is 0 Å². The Morgan fingerprint density at radius 1 is 1.52 bits per heavy atom. The molecule has 1 atom stereocenters. The van der Waals surface area contributed by atoms with Crippen LogP contribution >= 0.6 is 0 Å². The van der Waals surface area contributed by atoms with Gasteiger partial charge in [0.25, 0.3) is 0 Å². The van der Waals surface area contributed by atoms with E-state index < -0.39 is 0 Å². The van der Waals surface area contributed by atoms with Crippen LogP contribution in [0.15, 0.2) is 18.2 Å². The second-order valence-corrected chi connectivity index (χ2v) is 4.98. The lowest BCUT2D eigenvalue weighted by atomic mass is 10.1. The van der Waals surface area contributed by atoms with Crippen molar-refractivity contribution in [3.05, 3.63) is 29.3 Å². The van der Waals surface area contributed by atoms with E-state index in [1.807, 2.05) is 25.1 Å². The van der Waals surface area contributed by atoms with Gasteiger partial charge in [0.15, 0.2) is 0 Å². The highest BCUT2D eigenvalue weighted by atomic mass is 16.5. The van der Waals surface area contributed by atoms with Gasteiger partial charge in [-0.05, 0) is 31.0 Å². The topological polar surface area (TPSA) is 70.6 Å². The maximum absolute atomic E-state index is 12.0. The van der Waals surface area contributed by atoms with E-state index in [0.717, 1.165) is 17.5 Å². The first-order valence-electron chi connectivity index (χ1n) is 7.04. The fourth-order valence-electron chi connectivity index (χ4n) is 2.08. The van der Waals surface area contributed by atoms with Crippen LogP contribution in [0.5, 0.6) is 0 Å². The van der Waals surface area contributed by atoms with Crippen LogP contribution in [-0.2, 0) is 4.74 Å². The third-order valence-electron chi connectivity index (χ3n) is 3.15. The van der Waals surface area contributed by atoms with E-state index in [0.29, 0.717) is 25.3 Å². The molecule has 1 heterocycles. The molecule has 0 radical (unpaired) electrons. The molecule has 1 unspecified atom stereocenters. The van der Waals surface area contributed by atoms with Crippen molar-refractivity contribution in [2.45, 2.75) is 25.8 Å². The van der Waals surface area contributed by atoms with Crippen LogP contribution in [0.25, 0.3) is 0 Å². The van der Waals surface area contributed by atoms with E-state index in [1.165, 1.54) is 0 Å². The Kier molecular flexibility index (Phi) is 5.61. The van der Waals surface area contributed by atoms with Crippen molar-refractivity contribution < 1.29 is 14.6 Å². The fourth-order valence-corrected chi connectivity index (χ4v) is 2.08. The Bertz CT molecular complexity index is 554. The lowest BCUT2D eigenvalue weighted by molar-refractivity contribution is 0.189. The molecule has 0 bridgehead atoms. The van der Waals surface area contributed by atoms with Crippen LogP contribution < -0.4 is 10.6 Å². The number of carbonyl (C=O) groups is 1. The SMILES string of the molecule is Cc1ccc(C#CCCO)c(NC(=O)NC2CCOC2)c1. The first-order valence-corrected chi connectivity index (χ1v) is 7.04. The van der Waals surface area contributed by atoms with Gasteiger partial charge in [-0.1, -0.05) is 17.9 Å². The van der Waals surface area contributed by atoms with Gasteiger partial charge in [0, 0.05) is 18.6 Å². The number of anilines is 1. The summed E-state index contributed by atoms with van der Waals surface area (Å²) in [4.78, 5) is 12.0. The summed E-state index contributed by atoms with van der Waals surface area (Å²) in [6.07, 6.45) is 1.25. The van der Waals surface area contributed by atoms with Gasteiger partial charge in [0.05, 0.1) is 24.9 Å². The van der Waals surface area contributed by atoms with Gasteiger partial charge < -0.3 is 20.5 Å². The summed E-state index contributed by atoms with van der Waals surface area (Å²) in [6.45, 7) is 3.24. The summed E-state index contributed by atoms with van der Waals surface area (Å²) in [6, 6.07) is 5.51. The van der Waals surface area contributed by atoms with Crippen molar-refractivity contribution in [3.63, 3.8) is 0 Å². The Labute approximate surface area is 124 Å². The predicted molar refractivity (Wildman–Crippen MR) is 81.1 cm³/mol. The number of aliphatic hydroxyl groups is 1. The second-order valence-electron chi connectivity index (χ2n) is 4.98. The van der Waals surface area contributed by atoms with Crippen molar-refractivity contribution in [2.24, 2.45) is 0 Å². The summed E-state index contributed by atoms with van der Waals surface area (Å²) in [5.74, 6) is 5.83. The third kappa shape index (κ3) is 4.78. The Balaban J connectivity index is 2.05. The number of hydrogen-bond acceptors (Lipinski definition) is 3. The zero-order valence-corrected chi connectivity index (χ0v) is 12.1. The number of rotatable bonds is 3. The highest BCUT2D eigenvalue weighted by molar-refractivity contribution is 5.91. The normalized spacial score (nSPS) is 17.0. The molecule has 1 aliphatic heterocycles. The lowest BCUT2D eigenvalue weighted by Gasteiger charge is -2.13. The average molecular weight is 288 g/mol. The number of urea groups is 1. The molecule has 5 heteroatoms. The van der Waals surface area contributed by atoms with Crippen LogP contribution in [0.4, 0.5) is 10.5 Å². The molecule has 0 saturated carbocycles. The van der Waals surface area contributed by atoms with Crippen molar-refractivity contribution in [1.29, 1.82) is 0 Å². The number of aliphatic hydroxyl groups excluding tert-OH is 1. The quantitative estimate of drug-likeness (QED) is 0.741. The number of carbonyl (C=O) groups excluding carboxylic acids is 1. The standard InChI is InChI=1S/C16H20N2O3/c1-12-5-6-13(4-2-3-8-19)15(10-12)18-16(20)17-14-7-9-21-11-14/h5-6,10,14,19H,3,7-9,11H2,1H3,(H2,17,18,20). The second kappa shape index (κ2) is 7.67. The number of nitrogens with one attached hydrogen (secondary N) is 2. The molecule has 1 aromatic rings. The summed E-state index contributed by atoms with van der Waals surface area (Å²) >= 11 is 0. The first kappa shape index (κ1) is 15.4. The Hall–Kier alpha value is -2.03. The van der Waals surface area contributed by atoms with E-state index in [2.05, 4.69) is 22.5 Å². The number of ether oxygens (including phenoxy) is 1. The summed E-state index contributed by atoms with van der Waals surface area (Å²) in [5.41, 5.74) is 2.46. The van der Waals surface area contributed by atoms with Crippen LogP contribution in [0.2, 0.25) is 0 Å². The number of benzene rings is 1. The molecule has 1 aromatic carbocycles. The molecule has 112 valence electrons. The molecular weight excluding hydrogens is 268 g/mol. The van der Waals surface area contributed by atoms with Crippen molar-refractivity contribution in [1.82, 2.24) is 5.32 Å². The predicted octanol–water partition coefficient (Wildman–Crippen LogP) is 1.64. The minimum absolute atomic E-state index is 0.0315. The molecule has 21 heavy (non-hydrogen) atoms. The molecule has 1 aliphatic rings. The minimum Gasteiger partial charge on any atom is -0.395 e. The lowest BCUT2D eigenvalue weighted by Crippen LogP contribution is -2.38. The van der Waals surface area contributed by atoms with Gasteiger partial charge in [-0.15, -0.1) is 0 Å². The molecule has 5 nitrogen and oxygen atoms in total. The van der Waals surface area contributed by atoms with Gasteiger partial charge in [0.2, 0.25) is 0 Å². The number of hydrogen-bond donors (Lipinski definition) is 3. The van der Waals surface area contributed by atoms with E-state index in [1.54, 1.807) is 0 Å². The van der Waals surface area contributed by atoms with Crippen molar-refractivity contribution in [2.75, 3.05) is 25.1 Å². The summed E-state index contributed by atoms with van der Waals surface area (Å²) < 4.78 is 5.23. The summed E-state index contributed by atoms with van der Waals surface area (Å²) in [5, 5.41) is 14.5. The zero-order chi connectivity index (χ0) is 15.1. The largest absolute Gasteiger partial charge is 0.395 e. The smallest absolute Gasteiger partial charge is 0.319 e. The van der Waals surface area contributed by atoms with Crippen LogP contribution in [0, 0.1) is 18.8 Å². The first-order chi connectivity index (χ1) is 10.2. The van der Waals surface area contributed by atoms with Crippen LogP contribution in [-0.4, -0.2) is 37.0 Å². The average Bonchev–Trinajstić information content (AvgIpc) is 2.94. The Morgan fingerprint density at radius 3 is 3.10 bits per heavy atom. The highest BCUT2D eigenvalue weighted by Gasteiger charge is 2.18. The van der Waals surface area contributed by atoms with E-state index in [-0.39, 0.29) is 18.7 Å². The van der Waals surface area contributed by atoms with E-state index in [4.69, 9.17) is 9.84 Å². The molecule has 3 N–H and O–H groups in total. The molecule has 0 spiro atoms. The maximum atomic E-state index is 12.0. The molecule has 0 aliphatic carbocycles. The van der Waals surface area contributed by atoms with Crippen molar-refractivity contribution >= 4 is 11.7 Å². The monoisotopic (exact) mass is 288 g/mol. The fraction of sp³-hybridized carbons (Fsp3) is 0.438. The molecule has 2 amide bonds. The van der Waals surface area contributed by atoms with Gasteiger partial charge in [-0.2, -0.15) is 0 Å². The van der Waals surface area contributed by atoms with Crippen LogP contribution in [0.3, 0.4) is 0 Å². The van der Waals surface area contributed by atoms with Crippen LogP contribution in [0.1, 0.15) is 24.0 Å². The number of aryl methyl sites for hydroxylation is 1. The molecule has 1 saturated heterocycles. The number of amides is 2. The zero-order valence-electron chi connectivity index (χ0n) is 12.1. The molecule has 0 aromatic heterocycles. The highest BCUT2D eigenvalue weighted by Crippen LogP contribution is 2.17. The van der Waals surface area contributed by atoms with Gasteiger partial charge >= 0.3 is 6.03 Å². The van der Waals surface area contributed by atoms with Crippen molar-refractivity contribution in [3.8, 4) is 11.8 Å². The van der Waals surface area contributed by atoms with Gasteiger partial charge in [-0.25, -0.2) is 4.79 Å². The summed E-state index contributed by atoms with van der Waals surface area (Å²) in [7, 11) is 0. The molecular formula is C16H20N2O3. The van der Waals surface area contributed by atoms with Gasteiger partial charge in [0.1, 0.15) is 0 Å². The maximum Gasteiger partial charge on any atom is 0.319 e.